The fourth-order valence-electron chi connectivity index (χ4n) is 1.06. The van der Waals surface area contributed by atoms with Gasteiger partial charge in [0, 0.05) is 25.4 Å². The van der Waals surface area contributed by atoms with Gasteiger partial charge in [-0.05, 0) is 20.8 Å². The largest absolute Gasteiger partial charge is 0.377 e. The fourth-order valence-corrected chi connectivity index (χ4v) is 1.06. The highest BCUT2D eigenvalue weighted by molar-refractivity contribution is 5.46. The van der Waals surface area contributed by atoms with Crippen LogP contribution in [0.5, 0.6) is 0 Å². The van der Waals surface area contributed by atoms with Crippen molar-refractivity contribution < 1.29 is 4.74 Å². The van der Waals surface area contributed by atoms with Gasteiger partial charge in [-0.2, -0.15) is 4.98 Å². The van der Waals surface area contributed by atoms with Crippen molar-refractivity contribution in [3.63, 3.8) is 0 Å². The average Bonchev–Trinajstić information content (AvgIpc) is 2.28. The molecule has 1 aromatic heterocycles. The molecule has 0 atom stereocenters. The predicted molar refractivity (Wildman–Crippen MR) is 64.2 cm³/mol. The van der Waals surface area contributed by atoms with Crippen LogP contribution in [0.3, 0.4) is 0 Å². The minimum atomic E-state index is -0.242. The molecule has 16 heavy (non-hydrogen) atoms. The first-order valence-corrected chi connectivity index (χ1v) is 5.08. The summed E-state index contributed by atoms with van der Waals surface area (Å²) in [5, 5.41) is 3.21. The summed E-state index contributed by atoms with van der Waals surface area (Å²) in [6.45, 7) is 6.59. The summed E-state index contributed by atoms with van der Waals surface area (Å²) in [7, 11) is 1.68. The Morgan fingerprint density at radius 1 is 1.50 bits per heavy atom. The third kappa shape index (κ3) is 3.32. The maximum absolute atomic E-state index is 5.31. The van der Waals surface area contributed by atoms with Gasteiger partial charge >= 0.3 is 0 Å². The average molecular weight is 225 g/mol. The lowest BCUT2D eigenvalue weighted by molar-refractivity contribution is 0.0343. The molecule has 1 aromatic rings. The molecule has 1 rings (SSSR count). The molecule has 1 heterocycles. The van der Waals surface area contributed by atoms with Crippen molar-refractivity contribution in [1.29, 1.82) is 0 Å². The molecule has 0 unspecified atom stereocenters. The van der Waals surface area contributed by atoms with Gasteiger partial charge in [0.05, 0.1) is 5.60 Å². The number of aromatic nitrogens is 2. The molecule has 0 aromatic carbocycles. The number of hydrazine groups is 1. The molecule has 0 fully saturated rings. The summed E-state index contributed by atoms with van der Waals surface area (Å²) in [5.74, 6) is 6.40. The van der Waals surface area contributed by atoms with Crippen molar-refractivity contribution in [2.75, 3.05) is 24.4 Å². The van der Waals surface area contributed by atoms with Crippen LogP contribution in [0.1, 0.15) is 19.4 Å². The molecular formula is C10H19N5O. The topological polar surface area (TPSA) is 85.1 Å². The predicted octanol–water partition coefficient (Wildman–Crippen LogP) is 0.908. The summed E-state index contributed by atoms with van der Waals surface area (Å²) < 4.78 is 5.31. The lowest BCUT2D eigenvalue weighted by atomic mass is 10.1. The van der Waals surface area contributed by atoms with E-state index in [1.807, 2.05) is 20.8 Å². The van der Waals surface area contributed by atoms with Crippen LogP contribution in [-0.2, 0) is 4.74 Å². The van der Waals surface area contributed by atoms with Crippen LogP contribution >= 0.6 is 0 Å². The number of nitrogens with one attached hydrogen (secondary N) is 2. The zero-order valence-electron chi connectivity index (χ0n) is 10.2. The van der Waals surface area contributed by atoms with Crippen molar-refractivity contribution in [3.05, 3.63) is 11.8 Å². The lowest BCUT2D eigenvalue weighted by Gasteiger charge is -2.23. The summed E-state index contributed by atoms with van der Waals surface area (Å²) in [6.07, 6.45) is 1.71. The van der Waals surface area contributed by atoms with Crippen molar-refractivity contribution in [2.45, 2.75) is 26.4 Å². The normalized spacial score (nSPS) is 11.3. The van der Waals surface area contributed by atoms with Gasteiger partial charge in [0.15, 0.2) is 0 Å². The van der Waals surface area contributed by atoms with E-state index in [-0.39, 0.29) is 5.60 Å². The molecule has 0 bridgehead atoms. The Labute approximate surface area is 95.6 Å². The zero-order valence-corrected chi connectivity index (χ0v) is 10.2. The SMILES string of the molecule is COC(C)(C)CNc1nc(NN)ncc1C. The number of nitrogens with two attached hydrogens (primary N) is 1. The molecule has 0 spiro atoms. The molecule has 6 heteroatoms. The van der Waals surface area contributed by atoms with E-state index in [0.29, 0.717) is 12.5 Å². The van der Waals surface area contributed by atoms with Crippen LogP contribution in [0.15, 0.2) is 6.20 Å². The first-order valence-electron chi connectivity index (χ1n) is 5.08. The van der Waals surface area contributed by atoms with Gasteiger partial charge in [-0.1, -0.05) is 0 Å². The highest BCUT2D eigenvalue weighted by atomic mass is 16.5. The summed E-state index contributed by atoms with van der Waals surface area (Å²) in [6, 6.07) is 0. The third-order valence-electron chi connectivity index (χ3n) is 2.33. The minimum Gasteiger partial charge on any atom is -0.377 e. The Balaban J connectivity index is 2.73. The number of methoxy groups -OCH3 is 1. The number of hydrogen-bond donors (Lipinski definition) is 3. The van der Waals surface area contributed by atoms with E-state index < -0.39 is 0 Å². The lowest BCUT2D eigenvalue weighted by Crippen LogP contribution is -2.32. The maximum atomic E-state index is 5.31. The maximum Gasteiger partial charge on any atom is 0.239 e. The van der Waals surface area contributed by atoms with E-state index in [9.17, 15) is 0 Å². The smallest absolute Gasteiger partial charge is 0.239 e. The fraction of sp³-hybridized carbons (Fsp3) is 0.600. The van der Waals surface area contributed by atoms with E-state index in [4.69, 9.17) is 10.6 Å². The second-order valence-corrected chi connectivity index (χ2v) is 4.19. The first-order chi connectivity index (χ1) is 7.48. The van der Waals surface area contributed by atoms with Gasteiger partial charge in [-0.25, -0.2) is 10.8 Å². The quantitative estimate of drug-likeness (QED) is 0.510. The Kier molecular flexibility index (Phi) is 4.03. The molecule has 0 amide bonds. The standard InChI is InChI=1S/C10H19N5O/c1-7-5-12-9(15-11)14-8(7)13-6-10(2,3)16-4/h5H,6,11H2,1-4H3,(H2,12,13,14,15). The summed E-state index contributed by atoms with van der Waals surface area (Å²) in [4.78, 5) is 8.22. The van der Waals surface area contributed by atoms with E-state index in [0.717, 1.165) is 11.4 Å². The monoisotopic (exact) mass is 225 g/mol. The van der Waals surface area contributed by atoms with E-state index >= 15 is 0 Å². The number of rotatable bonds is 5. The van der Waals surface area contributed by atoms with Gasteiger partial charge in [0.25, 0.3) is 0 Å². The van der Waals surface area contributed by atoms with Gasteiger partial charge in [-0.15, -0.1) is 0 Å². The van der Waals surface area contributed by atoms with Gasteiger partial charge in [0.1, 0.15) is 5.82 Å². The van der Waals surface area contributed by atoms with Gasteiger partial charge < -0.3 is 10.1 Å². The number of hydrogen-bond acceptors (Lipinski definition) is 6. The van der Waals surface area contributed by atoms with Gasteiger partial charge in [0.2, 0.25) is 5.95 Å². The van der Waals surface area contributed by atoms with Crippen molar-refractivity contribution >= 4 is 11.8 Å². The number of ether oxygens (including phenoxy) is 1. The van der Waals surface area contributed by atoms with Crippen LogP contribution < -0.4 is 16.6 Å². The minimum absolute atomic E-state index is 0.242. The van der Waals surface area contributed by atoms with Crippen molar-refractivity contribution in [3.8, 4) is 0 Å². The first kappa shape index (κ1) is 12.7. The van der Waals surface area contributed by atoms with Crippen LogP contribution in [0.25, 0.3) is 0 Å². The van der Waals surface area contributed by atoms with E-state index in [2.05, 4.69) is 20.7 Å². The Hall–Kier alpha value is -1.40. The second kappa shape index (κ2) is 5.09. The molecular weight excluding hydrogens is 206 g/mol. The number of aryl methyl sites for hydroxylation is 1. The number of nitrogen functional groups attached to an aromatic ring is 1. The Morgan fingerprint density at radius 2 is 2.19 bits per heavy atom. The molecule has 6 nitrogen and oxygen atoms in total. The highest BCUT2D eigenvalue weighted by Crippen LogP contribution is 2.14. The van der Waals surface area contributed by atoms with Crippen molar-refractivity contribution in [1.82, 2.24) is 9.97 Å². The Morgan fingerprint density at radius 3 is 2.75 bits per heavy atom. The third-order valence-corrected chi connectivity index (χ3v) is 2.33. The molecule has 0 saturated carbocycles. The molecule has 0 aliphatic carbocycles. The highest BCUT2D eigenvalue weighted by Gasteiger charge is 2.16. The van der Waals surface area contributed by atoms with Crippen molar-refractivity contribution in [2.24, 2.45) is 5.84 Å². The summed E-state index contributed by atoms with van der Waals surface area (Å²) in [5.41, 5.74) is 3.13. The molecule has 0 aliphatic heterocycles. The van der Waals surface area contributed by atoms with Crippen LogP contribution in [0, 0.1) is 6.92 Å². The molecule has 0 saturated heterocycles. The number of nitrogens with zero attached hydrogens (tertiary/aromatic N) is 2. The number of anilines is 2. The van der Waals surface area contributed by atoms with Crippen LogP contribution in [0.4, 0.5) is 11.8 Å². The van der Waals surface area contributed by atoms with E-state index in [1.165, 1.54) is 0 Å². The molecule has 0 radical (unpaired) electrons. The molecule has 90 valence electrons. The van der Waals surface area contributed by atoms with Crippen LogP contribution in [0.2, 0.25) is 0 Å². The second-order valence-electron chi connectivity index (χ2n) is 4.19. The molecule has 0 aliphatic rings. The van der Waals surface area contributed by atoms with Gasteiger partial charge in [-0.3, -0.25) is 5.43 Å². The van der Waals surface area contributed by atoms with E-state index in [1.54, 1.807) is 13.3 Å². The Bertz CT molecular complexity index is 353. The summed E-state index contributed by atoms with van der Waals surface area (Å²) >= 11 is 0. The van der Waals surface area contributed by atoms with Crippen LogP contribution in [-0.4, -0.2) is 29.2 Å². The zero-order chi connectivity index (χ0) is 12.2. The molecule has 4 N–H and O–H groups in total.